The molecule has 5 heteroatoms. The van der Waals surface area contributed by atoms with Crippen molar-refractivity contribution in [3.63, 3.8) is 0 Å². The van der Waals surface area contributed by atoms with Crippen molar-refractivity contribution in [3.05, 3.63) is 94.0 Å². The van der Waals surface area contributed by atoms with Crippen molar-refractivity contribution in [2.75, 3.05) is 7.11 Å². The molecule has 4 rings (SSSR count). The molecular weight excluding hydrogens is 396 g/mol. The monoisotopic (exact) mass is 420 g/mol. The van der Waals surface area contributed by atoms with Crippen LogP contribution >= 0.6 is 11.6 Å². The number of methoxy groups -OCH3 is 1. The van der Waals surface area contributed by atoms with Crippen molar-refractivity contribution in [1.29, 1.82) is 0 Å². The van der Waals surface area contributed by atoms with E-state index in [9.17, 15) is 5.11 Å². The van der Waals surface area contributed by atoms with Gasteiger partial charge in [-0.1, -0.05) is 61.0 Å². The third-order valence-electron chi connectivity index (χ3n) is 5.54. The summed E-state index contributed by atoms with van der Waals surface area (Å²) in [7, 11) is 1.66. The van der Waals surface area contributed by atoms with Crippen molar-refractivity contribution in [1.82, 2.24) is 5.32 Å². The van der Waals surface area contributed by atoms with Gasteiger partial charge in [-0.05, 0) is 41.8 Å². The van der Waals surface area contributed by atoms with Crippen LogP contribution in [0.1, 0.15) is 47.8 Å². The zero-order valence-corrected chi connectivity index (χ0v) is 17.9. The Morgan fingerprint density at radius 1 is 1.07 bits per heavy atom. The number of nitrogens with zero attached hydrogens (tertiary/aromatic N) is 1. The van der Waals surface area contributed by atoms with Crippen LogP contribution in [0.15, 0.2) is 71.7 Å². The minimum Gasteiger partial charge on any atom is -0.508 e. The maximum Gasteiger partial charge on any atom is 0.129 e. The smallest absolute Gasteiger partial charge is 0.129 e. The van der Waals surface area contributed by atoms with E-state index in [1.807, 2.05) is 30.3 Å². The number of phenols is 1. The quantitative estimate of drug-likeness (QED) is 0.545. The van der Waals surface area contributed by atoms with Gasteiger partial charge in [0.05, 0.1) is 7.11 Å². The van der Waals surface area contributed by atoms with Gasteiger partial charge in [0.15, 0.2) is 0 Å². The number of para-hydroxylation sites is 1. The molecular formula is C25H25ClN2O2. The van der Waals surface area contributed by atoms with Gasteiger partial charge >= 0.3 is 0 Å². The van der Waals surface area contributed by atoms with Gasteiger partial charge in [0.25, 0.3) is 0 Å². The Labute approximate surface area is 182 Å². The molecule has 0 amide bonds. The fourth-order valence-corrected chi connectivity index (χ4v) is 4.05. The molecule has 0 fully saturated rings. The summed E-state index contributed by atoms with van der Waals surface area (Å²) >= 11 is 6.23. The molecule has 0 saturated carbocycles. The van der Waals surface area contributed by atoms with Crippen molar-refractivity contribution < 1.29 is 9.84 Å². The molecule has 4 nitrogen and oxygen atoms in total. The summed E-state index contributed by atoms with van der Waals surface area (Å²) < 4.78 is 5.57. The van der Waals surface area contributed by atoms with Gasteiger partial charge in [0.2, 0.25) is 0 Å². The van der Waals surface area contributed by atoms with Crippen LogP contribution in [0.2, 0.25) is 5.02 Å². The van der Waals surface area contributed by atoms with Crippen LogP contribution in [0.3, 0.4) is 0 Å². The van der Waals surface area contributed by atoms with Gasteiger partial charge in [0, 0.05) is 34.3 Å². The molecule has 1 heterocycles. The Morgan fingerprint density at radius 2 is 1.83 bits per heavy atom. The van der Waals surface area contributed by atoms with Crippen molar-refractivity contribution >= 4 is 17.3 Å². The number of benzene rings is 3. The first-order chi connectivity index (χ1) is 14.6. The Morgan fingerprint density at radius 3 is 2.57 bits per heavy atom. The van der Waals surface area contributed by atoms with Crippen LogP contribution in [0, 0.1) is 0 Å². The molecule has 1 aliphatic heterocycles. The number of rotatable bonds is 5. The van der Waals surface area contributed by atoms with E-state index in [0.29, 0.717) is 11.4 Å². The number of hydrogen-bond acceptors (Lipinski definition) is 4. The molecule has 154 valence electrons. The zero-order chi connectivity index (χ0) is 21.1. The number of hydrogen-bond donors (Lipinski definition) is 2. The van der Waals surface area contributed by atoms with E-state index in [1.54, 1.807) is 19.2 Å². The summed E-state index contributed by atoms with van der Waals surface area (Å²) in [4.78, 5) is 5.03. The lowest BCUT2D eigenvalue weighted by Crippen LogP contribution is -2.33. The molecule has 0 aromatic heterocycles. The lowest BCUT2D eigenvalue weighted by atomic mass is 9.93. The van der Waals surface area contributed by atoms with E-state index in [0.717, 1.165) is 34.6 Å². The van der Waals surface area contributed by atoms with E-state index in [-0.39, 0.29) is 18.0 Å². The molecule has 0 unspecified atom stereocenters. The second-order valence-corrected chi connectivity index (χ2v) is 7.83. The number of aromatic hydroxyl groups is 1. The molecule has 3 aromatic carbocycles. The average molecular weight is 421 g/mol. The molecule has 30 heavy (non-hydrogen) atoms. The van der Waals surface area contributed by atoms with Crippen molar-refractivity contribution in [2.45, 2.75) is 32.0 Å². The average Bonchev–Trinajstić information content (AvgIpc) is 2.80. The van der Waals surface area contributed by atoms with Gasteiger partial charge in [-0.2, -0.15) is 0 Å². The maximum atomic E-state index is 10.5. The predicted molar refractivity (Wildman–Crippen MR) is 122 cm³/mol. The first-order valence-electron chi connectivity index (χ1n) is 10.1. The van der Waals surface area contributed by atoms with E-state index in [2.05, 4.69) is 36.5 Å². The van der Waals surface area contributed by atoms with Gasteiger partial charge < -0.3 is 9.84 Å². The van der Waals surface area contributed by atoms with E-state index < -0.39 is 0 Å². The largest absolute Gasteiger partial charge is 0.508 e. The minimum atomic E-state index is -0.306. The number of ether oxygens (including phenoxy) is 1. The second kappa shape index (κ2) is 8.90. The first kappa shape index (κ1) is 20.5. The summed E-state index contributed by atoms with van der Waals surface area (Å²) in [6.07, 6.45) is 1.33. The highest BCUT2D eigenvalue weighted by atomic mass is 35.5. The molecule has 1 aliphatic rings. The Kier molecular flexibility index (Phi) is 6.07. The molecule has 2 N–H and O–H groups in total. The highest BCUT2D eigenvalue weighted by Gasteiger charge is 2.29. The number of phenolic OH excluding ortho intramolecular Hbond substituents is 1. The van der Waals surface area contributed by atoms with Crippen LogP contribution in [0.4, 0.5) is 0 Å². The topological polar surface area (TPSA) is 53.8 Å². The standard InChI is InChI=1S/C25H25ClN2O2/c1-3-16-8-10-17(11-9-16)21-15-22(20-14-18(26)12-13-23(20)29)28-25(27-21)19-6-4-5-7-24(19)30-2/h4-14,22,25,28-29H,3,15H2,1-2H3/t22-,25+/m0/s1. The van der Waals surface area contributed by atoms with E-state index in [4.69, 9.17) is 21.3 Å². The zero-order valence-electron chi connectivity index (χ0n) is 17.1. The maximum absolute atomic E-state index is 10.5. The Balaban J connectivity index is 1.78. The lowest BCUT2D eigenvalue weighted by Gasteiger charge is -2.31. The first-order valence-corrected chi connectivity index (χ1v) is 10.5. The Bertz CT molecular complexity index is 1060. The summed E-state index contributed by atoms with van der Waals surface area (Å²) in [5.74, 6) is 0.994. The molecule has 2 atom stereocenters. The summed E-state index contributed by atoms with van der Waals surface area (Å²) in [5.41, 5.74) is 5.07. The number of aryl methyl sites for hydroxylation is 1. The fourth-order valence-electron chi connectivity index (χ4n) is 3.87. The van der Waals surface area contributed by atoms with Gasteiger partial charge in [-0.3, -0.25) is 10.3 Å². The predicted octanol–water partition coefficient (Wildman–Crippen LogP) is 5.84. The van der Waals surface area contributed by atoms with Gasteiger partial charge in [-0.15, -0.1) is 0 Å². The van der Waals surface area contributed by atoms with E-state index in [1.165, 1.54) is 5.56 Å². The molecule has 0 spiro atoms. The van der Waals surface area contributed by atoms with Crippen LogP contribution in [0.25, 0.3) is 0 Å². The molecule has 0 aliphatic carbocycles. The van der Waals surface area contributed by atoms with E-state index >= 15 is 0 Å². The van der Waals surface area contributed by atoms with Crippen LogP contribution < -0.4 is 10.1 Å². The number of aliphatic imine (C=N–C) groups is 1. The minimum absolute atomic E-state index is 0.142. The van der Waals surface area contributed by atoms with Crippen LogP contribution in [-0.4, -0.2) is 17.9 Å². The van der Waals surface area contributed by atoms with Crippen LogP contribution in [-0.2, 0) is 6.42 Å². The third-order valence-corrected chi connectivity index (χ3v) is 5.77. The SMILES string of the molecule is CCc1ccc(C2=N[C@@H](c3ccccc3OC)N[C@H](c3cc(Cl)ccc3O)C2)cc1. The summed E-state index contributed by atoms with van der Waals surface area (Å²) in [5, 5.41) is 14.7. The highest BCUT2D eigenvalue weighted by Crippen LogP contribution is 2.37. The number of nitrogens with one attached hydrogen (secondary N) is 1. The van der Waals surface area contributed by atoms with Gasteiger partial charge in [-0.25, -0.2) is 0 Å². The number of halogens is 1. The molecule has 0 saturated heterocycles. The van der Waals surface area contributed by atoms with Gasteiger partial charge in [0.1, 0.15) is 17.7 Å². The second-order valence-electron chi connectivity index (χ2n) is 7.40. The van der Waals surface area contributed by atoms with Crippen molar-refractivity contribution in [2.24, 2.45) is 4.99 Å². The third kappa shape index (κ3) is 4.20. The molecule has 0 bridgehead atoms. The van der Waals surface area contributed by atoms with Crippen LogP contribution in [0.5, 0.6) is 11.5 Å². The molecule has 0 radical (unpaired) electrons. The fraction of sp³-hybridized carbons (Fsp3) is 0.240. The summed E-state index contributed by atoms with van der Waals surface area (Å²) in [6.45, 7) is 2.15. The highest BCUT2D eigenvalue weighted by molar-refractivity contribution is 6.30. The normalized spacial score (nSPS) is 18.7. The Hall–Kier alpha value is -2.82. The molecule has 3 aromatic rings. The van der Waals surface area contributed by atoms with Crippen molar-refractivity contribution in [3.8, 4) is 11.5 Å². The summed E-state index contributed by atoms with van der Waals surface area (Å²) in [6, 6.07) is 21.4. The lowest BCUT2D eigenvalue weighted by molar-refractivity contribution is 0.381.